The molecule has 1 aliphatic heterocycles. The summed E-state index contributed by atoms with van der Waals surface area (Å²) in [6, 6.07) is 13.0. The highest BCUT2D eigenvalue weighted by Gasteiger charge is 2.21. The SMILES string of the molecule is O=C(Cc1ccc(Cl)cc1)Nc1ccc2nc([C@H]3CCCO3)[nH]c2c1. The topological polar surface area (TPSA) is 67.0 Å². The van der Waals surface area contributed by atoms with Crippen LogP contribution in [0.1, 0.15) is 30.3 Å². The summed E-state index contributed by atoms with van der Waals surface area (Å²) in [5, 5.41) is 3.59. The maximum Gasteiger partial charge on any atom is 0.228 e. The summed E-state index contributed by atoms with van der Waals surface area (Å²) in [5.74, 6) is 0.790. The Morgan fingerprint density at radius 2 is 2.12 bits per heavy atom. The molecular formula is C19H18ClN3O2. The monoisotopic (exact) mass is 355 g/mol. The predicted molar refractivity (Wildman–Crippen MR) is 97.8 cm³/mol. The first-order valence-corrected chi connectivity index (χ1v) is 8.71. The van der Waals surface area contributed by atoms with Gasteiger partial charge in [0, 0.05) is 17.3 Å². The Hall–Kier alpha value is -2.37. The van der Waals surface area contributed by atoms with Crippen LogP contribution in [-0.2, 0) is 16.0 Å². The molecule has 0 saturated carbocycles. The molecule has 4 rings (SSSR count). The fourth-order valence-corrected chi connectivity index (χ4v) is 3.17. The predicted octanol–water partition coefficient (Wildman–Crippen LogP) is 4.25. The van der Waals surface area contributed by atoms with Gasteiger partial charge in [0.05, 0.1) is 17.5 Å². The summed E-state index contributed by atoms with van der Waals surface area (Å²) in [7, 11) is 0. The summed E-state index contributed by atoms with van der Waals surface area (Å²) in [6.07, 6.45) is 2.41. The summed E-state index contributed by atoms with van der Waals surface area (Å²) in [6.45, 7) is 0.785. The minimum absolute atomic E-state index is 0.0512. The molecule has 6 heteroatoms. The number of nitrogens with zero attached hydrogens (tertiary/aromatic N) is 1. The van der Waals surface area contributed by atoms with Crippen LogP contribution >= 0.6 is 11.6 Å². The lowest BCUT2D eigenvalue weighted by Gasteiger charge is -2.05. The second kappa shape index (κ2) is 6.86. The van der Waals surface area contributed by atoms with E-state index in [-0.39, 0.29) is 12.0 Å². The van der Waals surface area contributed by atoms with Crippen molar-refractivity contribution < 1.29 is 9.53 Å². The molecule has 0 bridgehead atoms. The van der Waals surface area contributed by atoms with Gasteiger partial charge in [0.1, 0.15) is 11.9 Å². The zero-order chi connectivity index (χ0) is 17.2. The van der Waals surface area contributed by atoms with Gasteiger partial charge in [-0.1, -0.05) is 23.7 Å². The molecule has 1 aliphatic rings. The number of ether oxygens (including phenoxy) is 1. The average Bonchev–Trinajstić information content (AvgIpc) is 3.25. The van der Waals surface area contributed by atoms with Crippen LogP contribution in [-0.4, -0.2) is 22.5 Å². The van der Waals surface area contributed by atoms with Crippen LogP contribution in [0.3, 0.4) is 0 Å². The second-order valence-corrected chi connectivity index (χ2v) is 6.64. The number of fused-ring (bicyclic) bond motifs is 1. The van der Waals surface area contributed by atoms with E-state index in [1.807, 2.05) is 30.3 Å². The van der Waals surface area contributed by atoms with E-state index in [0.29, 0.717) is 11.4 Å². The number of H-pyrrole nitrogens is 1. The fraction of sp³-hybridized carbons (Fsp3) is 0.263. The number of halogens is 1. The molecule has 25 heavy (non-hydrogen) atoms. The number of anilines is 1. The molecule has 2 heterocycles. The van der Waals surface area contributed by atoms with Gasteiger partial charge >= 0.3 is 0 Å². The van der Waals surface area contributed by atoms with E-state index in [0.717, 1.165) is 47.6 Å². The van der Waals surface area contributed by atoms with Gasteiger partial charge in [0.2, 0.25) is 5.91 Å². The molecule has 5 nitrogen and oxygen atoms in total. The Kier molecular flexibility index (Phi) is 4.42. The minimum Gasteiger partial charge on any atom is -0.370 e. The lowest BCUT2D eigenvalue weighted by atomic mass is 10.1. The smallest absolute Gasteiger partial charge is 0.228 e. The van der Waals surface area contributed by atoms with E-state index in [1.165, 1.54) is 0 Å². The van der Waals surface area contributed by atoms with Gasteiger partial charge in [-0.2, -0.15) is 0 Å². The number of hydrogen-bond acceptors (Lipinski definition) is 3. The van der Waals surface area contributed by atoms with Crippen LogP contribution in [0.2, 0.25) is 5.02 Å². The van der Waals surface area contributed by atoms with E-state index in [4.69, 9.17) is 16.3 Å². The van der Waals surface area contributed by atoms with Crippen LogP contribution in [0.15, 0.2) is 42.5 Å². The number of aromatic nitrogens is 2. The van der Waals surface area contributed by atoms with Gasteiger partial charge in [-0.3, -0.25) is 4.79 Å². The third-order valence-electron chi connectivity index (χ3n) is 4.30. The molecule has 1 fully saturated rings. The molecule has 1 amide bonds. The van der Waals surface area contributed by atoms with Gasteiger partial charge in [0.25, 0.3) is 0 Å². The number of imidazole rings is 1. The Bertz CT molecular complexity index is 899. The van der Waals surface area contributed by atoms with Gasteiger partial charge in [-0.05, 0) is 48.7 Å². The van der Waals surface area contributed by atoms with Crippen molar-refractivity contribution in [3.8, 4) is 0 Å². The zero-order valence-corrected chi connectivity index (χ0v) is 14.3. The van der Waals surface area contributed by atoms with Crippen molar-refractivity contribution in [1.29, 1.82) is 0 Å². The molecule has 2 N–H and O–H groups in total. The molecule has 0 unspecified atom stereocenters. The maximum atomic E-state index is 12.2. The molecule has 1 aromatic heterocycles. The first-order chi connectivity index (χ1) is 12.2. The van der Waals surface area contributed by atoms with Crippen molar-refractivity contribution >= 4 is 34.2 Å². The number of hydrogen-bond donors (Lipinski definition) is 2. The molecule has 0 radical (unpaired) electrons. The van der Waals surface area contributed by atoms with Crippen molar-refractivity contribution in [3.05, 3.63) is 58.9 Å². The molecule has 1 saturated heterocycles. The van der Waals surface area contributed by atoms with Crippen LogP contribution < -0.4 is 5.32 Å². The van der Waals surface area contributed by atoms with Crippen molar-refractivity contribution in [2.75, 3.05) is 11.9 Å². The largest absolute Gasteiger partial charge is 0.370 e. The fourth-order valence-electron chi connectivity index (χ4n) is 3.05. The van der Waals surface area contributed by atoms with Gasteiger partial charge in [0.15, 0.2) is 0 Å². The number of nitrogens with one attached hydrogen (secondary N) is 2. The number of carbonyl (C=O) groups is 1. The molecule has 3 aromatic rings. The Morgan fingerprint density at radius 1 is 1.28 bits per heavy atom. The Labute approximate surface area is 150 Å². The maximum absolute atomic E-state index is 12.2. The van der Waals surface area contributed by atoms with Crippen LogP contribution in [0.25, 0.3) is 11.0 Å². The quantitative estimate of drug-likeness (QED) is 0.735. The highest BCUT2D eigenvalue weighted by Crippen LogP contribution is 2.28. The van der Waals surface area contributed by atoms with E-state index in [1.54, 1.807) is 12.1 Å². The summed E-state index contributed by atoms with van der Waals surface area (Å²) in [4.78, 5) is 20.1. The normalized spacial score (nSPS) is 17.1. The van der Waals surface area contributed by atoms with Crippen LogP contribution in [0.4, 0.5) is 5.69 Å². The first kappa shape index (κ1) is 16.1. The lowest BCUT2D eigenvalue weighted by Crippen LogP contribution is -2.14. The van der Waals surface area contributed by atoms with E-state index >= 15 is 0 Å². The molecule has 0 spiro atoms. The Morgan fingerprint density at radius 3 is 2.88 bits per heavy atom. The number of rotatable bonds is 4. The van der Waals surface area contributed by atoms with E-state index in [2.05, 4.69) is 15.3 Å². The highest BCUT2D eigenvalue weighted by atomic mass is 35.5. The summed E-state index contributed by atoms with van der Waals surface area (Å²) < 4.78 is 5.67. The zero-order valence-electron chi connectivity index (χ0n) is 13.6. The number of carbonyl (C=O) groups excluding carboxylic acids is 1. The number of benzene rings is 2. The molecule has 2 aromatic carbocycles. The van der Waals surface area contributed by atoms with Gasteiger partial charge < -0.3 is 15.0 Å². The average molecular weight is 356 g/mol. The van der Waals surface area contributed by atoms with Crippen LogP contribution in [0.5, 0.6) is 0 Å². The molecule has 0 aliphatic carbocycles. The lowest BCUT2D eigenvalue weighted by molar-refractivity contribution is -0.115. The van der Waals surface area contributed by atoms with E-state index in [9.17, 15) is 4.79 Å². The summed E-state index contributed by atoms with van der Waals surface area (Å²) >= 11 is 5.86. The van der Waals surface area contributed by atoms with Crippen LogP contribution in [0, 0.1) is 0 Å². The first-order valence-electron chi connectivity index (χ1n) is 8.33. The summed E-state index contributed by atoms with van der Waals surface area (Å²) in [5.41, 5.74) is 3.44. The number of amides is 1. The molecule has 128 valence electrons. The van der Waals surface area contributed by atoms with E-state index < -0.39 is 0 Å². The third kappa shape index (κ3) is 3.67. The standard InChI is InChI=1S/C19H18ClN3O2/c20-13-5-3-12(4-6-13)10-18(24)21-14-7-8-15-16(11-14)23-19(22-15)17-2-1-9-25-17/h3-8,11,17H,1-2,9-10H2,(H,21,24)(H,22,23)/t17-/m1/s1. The minimum atomic E-state index is -0.0689. The van der Waals surface area contributed by atoms with Crippen molar-refractivity contribution in [2.24, 2.45) is 0 Å². The molecule has 1 atom stereocenters. The van der Waals surface area contributed by atoms with Crippen molar-refractivity contribution in [3.63, 3.8) is 0 Å². The van der Waals surface area contributed by atoms with Gasteiger partial charge in [-0.15, -0.1) is 0 Å². The number of aromatic amines is 1. The third-order valence-corrected chi connectivity index (χ3v) is 4.55. The highest BCUT2D eigenvalue weighted by molar-refractivity contribution is 6.30. The van der Waals surface area contributed by atoms with Crippen molar-refractivity contribution in [1.82, 2.24) is 9.97 Å². The molecular weight excluding hydrogens is 338 g/mol. The van der Waals surface area contributed by atoms with Crippen molar-refractivity contribution in [2.45, 2.75) is 25.4 Å². The second-order valence-electron chi connectivity index (χ2n) is 6.21. The Balaban J connectivity index is 1.47. The van der Waals surface area contributed by atoms with Gasteiger partial charge in [-0.25, -0.2) is 4.98 Å².